The van der Waals surface area contributed by atoms with Gasteiger partial charge in [0, 0.05) is 6.54 Å². The number of carbonyl (C=O) groups is 1. The van der Waals surface area contributed by atoms with Gasteiger partial charge in [0.1, 0.15) is 0 Å². The summed E-state index contributed by atoms with van der Waals surface area (Å²) in [5.74, 6) is 1.62. The summed E-state index contributed by atoms with van der Waals surface area (Å²) in [4.78, 5) is 12.2. The van der Waals surface area contributed by atoms with E-state index in [0.29, 0.717) is 23.8 Å². The van der Waals surface area contributed by atoms with E-state index in [0.717, 1.165) is 24.8 Å². The minimum absolute atomic E-state index is 0.0148. The molecular formula is C21H27NO4. The van der Waals surface area contributed by atoms with Crippen LogP contribution in [-0.2, 0) is 17.6 Å². The predicted molar refractivity (Wildman–Crippen MR) is 102 cm³/mol. The Morgan fingerprint density at radius 2 is 1.54 bits per heavy atom. The SMILES string of the molecule is COc1cc(CC(=O)NCCCCc2ccccc2)cc(OC)c1OC. The van der Waals surface area contributed by atoms with Crippen LogP contribution in [-0.4, -0.2) is 33.8 Å². The van der Waals surface area contributed by atoms with Gasteiger partial charge < -0.3 is 19.5 Å². The summed E-state index contributed by atoms with van der Waals surface area (Å²) < 4.78 is 15.9. The van der Waals surface area contributed by atoms with Crippen molar-refractivity contribution >= 4 is 5.91 Å². The molecule has 0 aromatic heterocycles. The molecule has 0 bridgehead atoms. The van der Waals surface area contributed by atoms with E-state index < -0.39 is 0 Å². The lowest BCUT2D eigenvalue weighted by molar-refractivity contribution is -0.120. The number of unbranched alkanes of at least 4 members (excludes halogenated alkanes) is 1. The van der Waals surface area contributed by atoms with Crippen LogP contribution in [0, 0.1) is 0 Å². The quantitative estimate of drug-likeness (QED) is 0.662. The third-order valence-corrected chi connectivity index (χ3v) is 4.15. The van der Waals surface area contributed by atoms with Gasteiger partial charge in [0.15, 0.2) is 11.5 Å². The lowest BCUT2D eigenvalue weighted by Crippen LogP contribution is -2.26. The first-order chi connectivity index (χ1) is 12.7. The van der Waals surface area contributed by atoms with Crippen LogP contribution >= 0.6 is 0 Å². The largest absolute Gasteiger partial charge is 0.493 e. The zero-order chi connectivity index (χ0) is 18.8. The maximum absolute atomic E-state index is 12.2. The number of hydrogen-bond donors (Lipinski definition) is 1. The lowest BCUT2D eigenvalue weighted by atomic mass is 10.1. The molecule has 5 heteroatoms. The second-order valence-corrected chi connectivity index (χ2v) is 6.00. The number of rotatable bonds is 10. The molecule has 26 heavy (non-hydrogen) atoms. The lowest BCUT2D eigenvalue weighted by Gasteiger charge is -2.14. The van der Waals surface area contributed by atoms with Gasteiger partial charge in [0.25, 0.3) is 0 Å². The zero-order valence-electron chi connectivity index (χ0n) is 15.7. The Balaban J connectivity index is 1.80. The highest BCUT2D eigenvalue weighted by atomic mass is 16.5. The van der Waals surface area contributed by atoms with E-state index in [-0.39, 0.29) is 12.3 Å². The Morgan fingerprint density at radius 1 is 0.885 bits per heavy atom. The minimum Gasteiger partial charge on any atom is -0.493 e. The highest BCUT2D eigenvalue weighted by Gasteiger charge is 2.14. The Morgan fingerprint density at radius 3 is 2.12 bits per heavy atom. The van der Waals surface area contributed by atoms with Crippen molar-refractivity contribution in [2.45, 2.75) is 25.7 Å². The van der Waals surface area contributed by atoms with Gasteiger partial charge in [-0.05, 0) is 42.5 Å². The molecule has 0 fully saturated rings. The average molecular weight is 357 g/mol. The highest BCUT2D eigenvalue weighted by Crippen LogP contribution is 2.38. The first kappa shape index (κ1) is 19.6. The van der Waals surface area contributed by atoms with Gasteiger partial charge >= 0.3 is 0 Å². The first-order valence-corrected chi connectivity index (χ1v) is 8.77. The van der Waals surface area contributed by atoms with Gasteiger partial charge in [-0.1, -0.05) is 30.3 Å². The van der Waals surface area contributed by atoms with Crippen molar-refractivity contribution in [1.82, 2.24) is 5.32 Å². The minimum atomic E-state index is -0.0148. The fourth-order valence-electron chi connectivity index (χ4n) is 2.81. The van der Waals surface area contributed by atoms with Crippen molar-refractivity contribution in [1.29, 1.82) is 0 Å². The normalized spacial score (nSPS) is 10.3. The van der Waals surface area contributed by atoms with E-state index in [1.807, 2.05) is 6.07 Å². The van der Waals surface area contributed by atoms with Gasteiger partial charge in [-0.25, -0.2) is 0 Å². The zero-order valence-corrected chi connectivity index (χ0v) is 15.7. The summed E-state index contributed by atoms with van der Waals surface area (Å²) in [5, 5.41) is 2.97. The average Bonchev–Trinajstić information content (AvgIpc) is 2.67. The van der Waals surface area contributed by atoms with Crippen molar-refractivity contribution in [2.75, 3.05) is 27.9 Å². The molecule has 2 aromatic carbocycles. The summed E-state index contributed by atoms with van der Waals surface area (Å²) >= 11 is 0. The molecular weight excluding hydrogens is 330 g/mol. The monoisotopic (exact) mass is 357 g/mol. The van der Waals surface area contributed by atoms with Gasteiger partial charge in [-0.15, -0.1) is 0 Å². The molecule has 0 radical (unpaired) electrons. The second kappa shape index (κ2) is 10.3. The molecule has 0 saturated heterocycles. The van der Waals surface area contributed by atoms with Crippen molar-refractivity contribution < 1.29 is 19.0 Å². The Labute approximate surface area is 155 Å². The molecule has 1 amide bonds. The van der Waals surface area contributed by atoms with E-state index in [9.17, 15) is 4.79 Å². The summed E-state index contributed by atoms with van der Waals surface area (Å²) in [6.07, 6.45) is 3.31. The predicted octanol–water partition coefficient (Wildman–Crippen LogP) is 3.39. The van der Waals surface area contributed by atoms with Crippen molar-refractivity contribution in [3.8, 4) is 17.2 Å². The van der Waals surface area contributed by atoms with E-state index in [1.54, 1.807) is 33.5 Å². The van der Waals surface area contributed by atoms with E-state index in [2.05, 4.69) is 29.6 Å². The Hall–Kier alpha value is -2.69. The first-order valence-electron chi connectivity index (χ1n) is 8.77. The molecule has 0 aliphatic rings. The maximum Gasteiger partial charge on any atom is 0.224 e. The summed E-state index contributed by atoms with van der Waals surface area (Å²) in [7, 11) is 4.68. The van der Waals surface area contributed by atoms with Crippen LogP contribution in [0.5, 0.6) is 17.2 Å². The van der Waals surface area contributed by atoms with Crippen LogP contribution < -0.4 is 19.5 Å². The van der Waals surface area contributed by atoms with Crippen LogP contribution in [0.1, 0.15) is 24.0 Å². The number of nitrogens with one attached hydrogen (secondary N) is 1. The molecule has 140 valence electrons. The molecule has 5 nitrogen and oxygen atoms in total. The van der Waals surface area contributed by atoms with Crippen LogP contribution in [0.15, 0.2) is 42.5 Å². The van der Waals surface area contributed by atoms with E-state index in [1.165, 1.54) is 5.56 Å². The number of carbonyl (C=O) groups excluding carboxylic acids is 1. The summed E-state index contributed by atoms with van der Waals surface area (Å²) in [5.41, 5.74) is 2.15. The van der Waals surface area contributed by atoms with Crippen molar-refractivity contribution in [3.05, 3.63) is 53.6 Å². The fraction of sp³-hybridized carbons (Fsp3) is 0.381. The number of methoxy groups -OCH3 is 3. The Bertz CT molecular complexity index is 675. The smallest absolute Gasteiger partial charge is 0.224 e. The topological polar surface area (TPSA) is 56.8 Å². The summed E-state index contributed by atoms with van der Waals surface area (Å²) in [6.45, 7) is 0.677. The molecule has 2 rings (SSSR count). The van der Waals surface area contributed by atoms with Crippen LogP contribution in [0.2, 0.25) is 0 Å². The standard InChI is InChI=1S/C21H27NO4/c1-24-18-13-17(14-19(25-2)21(18)26-3)15-20(23)22-12-8-7-11-16-9-5-4-6-10-16/h4-6,9-10,13-14H,7-8,11-12,15H2,1-3H3,(H,22,23). The van der Waals surface area contributed by atoms with Crippen LogP contribution in [0.4, 0.5) is 0 Å². The van der Waals surface area contributed by atoms with Gasteiger partial charge in [-0.2, -0.15) is 0 Å². The number of benzene rings is 2. The molecule has 2 aromatic rings. The summed E-state index contributed by atoms with van der Waals surface area (Å²) in [6, 6.07) is 14.0. The molecule has 0 unspecified atom stereocenters. The van der Waals surface area contributed by atoms with Gasteiger partial charge in [0.05, 0.1) is 27.8 Å². The number of hydrogen-bond acceptors (Lipinski definition) is 4. The molecule has 0 aliphatic heterocycles. The maximum atomic E-state index is 12.2. The number of aryl methyl sites for hydroxylation is 1. The van der Waals surface area contributed by atoms with E-state index >= 15 is 0 Å². The molecule has 0 spiro atoms. The number of ether oxygens (including phenoxy) is 3. The molecule has 0 aliphatic carbocycles. The molecule has 0 heterocycles. The molecule has 0 saturated carbocycles. The number of amides is 1. The molecule has 1 N–H and O–H groups in total. The third kappa shape index (κ3) is 5.69. The van der Waals surface area contributed by atoms with Gasteiger partial charge in [0.2, 0.25) is 11.7 Å². The van der Waals surface area contributed by atoms with E-state index in [4.69, 9.17) is 14.2 Å². The Kier molecular flexibility index (Phi) is 7.80. The van der Waals surface area contributed by atoms with Gasteiger partial charge in [-0.3, -0.25) is 4.79 Å². The van der Waals surface area contributed by atoms with Crippen molar-refractivity contribution in [3.63, 3.8) is 0 Å². The van der Waals surface area contributed by atoms with Crippen LogP contribution in [0.25, 0.3) is 0 Å². The highest BCUT2D eigenvalue weighted by molar-refractivity contribution is 5.79. The third-order valence-electron chi connectivity index (χ3n) is 4.15. The second-order valence-electron chi connectivity index (χ2n) is 6.00. The fourth-order valence-corrected chi connectivity index (χ4v) is 2.81. The van der Waals surface area contributed by atoms with Crippen molar-refractivity contribution in [2.24, 2.45) is 0 Å². The molecule has 0 atom stereocenters. The van der Waals surface area contributed by atoms with Crippen LogP contribution in [0.3, 0.4) is 0 Å².